The summed E-state index contributed by atoms with van der Waals surface area (Å²) in [5.41, 5.74) is 4.73. The predicted molar refractivity (Wildman–Crippen MR) is 118 cm³/mol. The first-order chi connectivity index (χ1) is 14.6. The van der Waals surface area contributed by atoms with E-state index >= 15 is 0 Å². The number of hydrogen-bond donors (Lipinski definition) is 1. The van der Waals surface area contributed by atoms with Crippen LogP contribution in [0.5, 0.6) is 0 Å². The maximum absolute atomic E-state index is 12.8. The molecule has 2 heterocycles. The van der Waals surface area contributed by atoms with Crippen molar-refractivity contribution in [1.82, 2.24) is 14.7 Å². The van der Waals surface area contributed by atoms with Gasteiger partial charge in [-0.15, -0.1) is 0 Å². The van der Waals surface area contributed by atoms with Crippen LogP contribution in [0.3, 0.4) is 0 Å². The minimum atomic E-state index is -0.00869. The van der Waals surface area contributed by atoms with Crippen molar-refractivity contribution in [2.24, 2.45) is 0 Å². The number of carbonyl (C=O) groups excluding carboxylic acids is 2. The number of nitrogens with zero attached hydrogens (tertiary/aromatic N) is 3. The predicted octanol–water partition coefficient (Wildman–Crippen LogP) is 2.14. The van der Waals surface area contributed by atoms with Crippen molar-refractivity contribution in [1.29, 1.82) is 0 Å². The fourth-order valence-electron chi connectivity index (χ4n) is 4.18. The van der Waals surface area contributed by atoms with Crippen molar-refractivity contribution in [3.63, 3.8) is 0 Å². The van der Waals surface area contributed by atoms with Crippen molar-refractivity contribution in [2.75, 3.05) is 51.1 Å². The number of anilines is 1. The summed E-state index contributed by atoms with van der Waals surface area (Å²) in [5, 5.41) is 2.94. The molecule has 0 spiro atoms. The van der Waals surface area contributed by atoms with E-state index in [2.05, 4.69) is 39.4 Å². The highest BCUT2D eigenvalue weighted by Crippen LogP contribution is 2.18. The van der Waals surface area contributed by atoms with Crippen molar-refractivity contribution >= 4 is 17.5 Å². The second kappa shape index (κ2) is 9.41. The fourth-order valence-corrected chi connectivity index (χ4v) is 4.18. The van der Waals surface area contributed by atoms with Crippen LogP contribution in [0.25, 0.3) is 0 Å². The Labute approximate surface area is 178 Å². The zero-order chi connectivity index (χ0) is 20.9. The van der Waals surface area contributed by atoms with Crippen LogP contribution in [0.4, 0.5) is 5.69 Å². The lowest BCUT2D eigenvalue weighted by atomic mass is 10.00. The van der Waals surface area contributed by atoms with Crippen LogP contribution in [0.1, 0.15) is 16.7 Å². The summed E-state index contributed by atoms with van der Waals surface area (Å²) in [6.45, 7) is 7.47. The normalized spacial score (nSPS) is 17.4. The smallest absolute Gasteiger partial charge is 0.238 e. The number of nitrogens with one attached hydrogen (secondary N) is 1. The number of aryl methyl sites for hydroxylation is 1. The summed E-state index contributed by atoms with van der Waals surface area (Å²) in [7, 11) is 0. The van der Waals surface area contributed by atoms with Crippen molar-refractivity contribution in [3.05, 3.63) is 65.2 Å². The molecule has 30 heavy (non-hydrogen) atoms. The molecule has 0 aromatic heterocycles. The average Bonchev–Trinajstić information content (AvgIpc) is 2.76. The van der Waals surface area contributed by atoms with Gasteiger partial charge in [-0.05, 0) is 36.6 Å². The van der Waals surface area contributed by atoms with Gasteiger partial charge in [-0.25, -0.2) is 0 Å². The van der Waals surface area contributed by atoms with Crippen molar-refractivity contribution < 1.29 is 9.59 Å². The Morgan fingerprint density at radius 1 is 0.833 bits per heavy atom. The van der Waals surface area contributed by atoms with Crippen LogP contribution < -0.4 is 5.32 Å². The van der Waals surface area contributed by atoms with Gasteiger partial charge in [-0.2, -0.15) is 0 Å². The van der Waals surface area contributed by atoms with Gasteiger partial charge in [0.2, 0.25) is 11.8 Å². The zero-order valence-corrected chi connectivity index (χ0v) is 17.6. The molecule has 1 saturated heterocycles. The third kappa shape index (κ3) is 5.26. The molecule has 0 saturated carbocycles. The quantitative estimate of drug-likeness (QED) is 0.827. The highest BCUT2D eigenvalue weighted by atomic mass is 16.2. The Morgan fingerprint density at radius 3 is 2.27 bits per heavy atom. The number of benzene rings is 2. The molecule has 158 valence electrons. The second-order valence-corrected chi connectivity index (χ2v) is 8.30. The van der Waals surface area contributed by atoms with E-state index in [9.17, 15) is 9.59 Å². The lowest BCUT2D eigenvalue weighted by molar-refractivity contribution is -0.134. The van der Waals surface area contributed by atoms with Gasteiger partial charge in [-0.3, -0.25) is 19.4 Å². The molecule has 6 heteroatoms. The SMILES string of the molecule is Cc1ccc(NC(=O)CN2CCN(C(=O)CN3CCc4ccccc4C3)CC2)cc1. The van der Waals surface area contributed by atoms with E-state index < -0.39 is 0 Å². The first kappa shape index (κ1) is 20.6. The standard InChI is InChI=1S/C24H30N4O2/c1-19-6-8-22(9-7-19)25-23(29)17-26-12-14-28(15-13-26)24(30)18-27-11-10-20-4-2-3-5-21(20)16-27/h2-9H,10-18H2,1H3,(H,25,29). The zero-order valence-electron chi connectivity index (χ0n) is 17.6. The molecule has 0 unspecified atom stereocenters. The second-order valence-electron chi connectivity index (χ2n) is 8.30. The molecule has 2 aromatic carbocycles. The van der Waals surface area contributed by atoms with Crippen LogP contribution >= 0.6 is 0 Å². The lowest BCUT2D eigenvalue weighted by Gasteiger charge is -2.36. The third-order valence-electron chi connectivity index (χ3n) is 6.00. The molecule has 6 nitrogen and oxygen atoms in total. The van der Waals surface area contributed by atoms with E-state index in [1.165, 1.54) is 16.7 Å². The molecule has 2 aliphatic heterocycles. The largest absolute Gasteiger partial charge is 0.339 e. The summed E-state index contributed by atoms with van der Waals surface area (Å²) in [4.78, 5) is 31.4. The summed E-state index contributed by atoms with van der Waals surface area (Å²) >= 11 is 0. The summed E-state index contributed by atoms with van der Waals surface area (Å²) in [5.74, 6) is 0.184. The number of amides is 2. The Kier molecular flexibility index (Phi) is 6.45. The summed E-state index contributed by atoms with van der Waals surface area (Å²) < 4.78 is 0. The number of piperazine rings is 1. The Hall–Kier alpha value is -2.70. The Balaban J connectivity index is 1.20. The molecule has 1 fully saturated rings. The molecular weight excluding hydrogens is 376 g/mol. The monoisotopic (exact) mass is 406 g/mol. The molecule has 0 bridgehead atoms. The molecule has 0 radical (unpaired) electrons. The first-order valence-electron chi connectivity index (χ1n) is 10.7. The molecule has 0 atom stereocenters. The Morgan fingerprint density at radius 2 is 1.53 bits per heavy atom. The van der Waals surface area contributed by atoms with Crippen LogP contribution in [0, 0.1) is 6.92 Å². The number of rotatable bonds is 5. The summed E-state index contributed by atoms with van der Waals surface area (Å²) in [6, 6.07) is 16.3. The van der Waals surface area contributed by atoms with Gasteiger partial charge < -0.3 is 10.2 Å². The van der Waals surface area contributed by atoms with Gasteiger partial charge in [-0.1, -0.05) is 42.0 Å². The fraction of sp³-hybridized carbons (Fsp3) is 0.417. The highest BCUT2D eigenvalue weighted by Gasteiger charge is 2.25. The molecule has 0 aliphatic carbocycles. The maximum Gasteiger partial charge on any atom is 0.238 e. The van der Waals surface area contributed by atoms with Crippen molar-refractivity contribution in [2.45, 2.75) is 19.9 Å². The number of fused-ring (bicyclic) bond motifs is 1. The van der Waals surface area contributed by atoms with Crippen LogP contribution in [0.15, 0.2) is 48.5 Å². The van der Waals surface area contributed by atoms with Crippen LogP contribution in [-0.2, 0) is 22.6 Å². The minimum absolute atomic E-state index is 0.00869. The topological polar surface area (TPSA) is 55.9 Å². The lowest BCUT2D eigenvalue weighted by Crippen LogP contribution is -2.52. The van der Waals surface area contributed by atoms with E-state index in [4.69, 9.17) is 0 Å². The molecule has 2 amide bonds. The van der Waals surface area contributed by atoms with Crippen LogP contribution in [0.2, 0.25) is 0 Å². The Bertz CT molecular complexity index is 888. The first-order valence-corrected chi connectivity index (χ1v) is 10.7. The van der Waals surface area contributed by atoms with E-state index in [0.29, 0.717) is 26.2 Å². The van der Waals surface area contributed by atoms with E-state index in [0.717, 1.165) is 38.3 Å². The highest BCUT2D eigenvalue weighted by molar-refractivity contribution is 5.92. The maximum atomic E-state index is 12.8. The molecular formula is C24H30N4O2. The van der Waals surface area contributed by atoms with Gasteiger partial charge in [0.15, 0.2) is 0 Å². The van der Waals surface area contributed by atoms with Gasteiger partial charge in [0.1, 0.15) is 0 Å². The molecule has 4 rings (SSSR count). The third-order valence-corrected chi connectivity index (χ3v) is 6.00. The van der Waals surface area contributed by atoms with Crippen LogP contribution in [-0.4, -0.2) is 72.3 Å². The van der Waals surface area contributed by atoms with Gasteiger partial charge in [0.05, 0.1) is 13.1 Å². The van der Waals surface area contributed by atoms with Crippen molar-refractivity contribution in [3.8, 4) is 0 Å². The van der Waals surface area contributed by atoms with E-state index in [-0.39, 0.29) is 11.8 Å². The van der Waals surface area contributed by atoms with E-state index in [1.54, 1.807) is 0 Å². The molecule has 2 aliphatic rings. The van der Waals surface area contributed by atoms with Gasteiger partial charge >= 0.3 is 0 Å². The van der Waals surface area contributed by atoms with E-state index in [1.807, 2.05) is 36.1 Å². The summed E-state index contributed by atoms with van der Waals surface area (Å²) in [6.07, 6.45) is 1.01. The molecule has 2 aromatic rings. The minimum Gasteiger partial charge on any atom is -0.339 e. The van der Waals surface area contributed by atoms with Gasteiger partial charge in [0, 0.05) is 45.0 Å². The number of carbonyl (C=O) groups is 2. The molecule has 1 N–H and O–H groups in total. The number of hydrogen-bond acceptors (Lipinski definition) is 4. The van der Waals surface area contributed by atoms with Gasteiger partial charge in [0.25, 0.3) is 0 Å². The average molecular weight is 407 g/mol.